The van der Waals surface area contributed by atoms with Crippen molar-refractivity contribution in [2.24, 2.45) is 5.92 Å². The Kier molecular flexibility index (Phi) is 6.36. The normalized spacial score (nSPS) is 20.5. The number of hydrogen-bond acceptors (Lipinski definition) is 5. The molecule has 1 aliphatic carbocycles. The number of benzene rings is 1. The van der Waals surface area contributed by atoms with Gasteiger partial charge in [-0.15, -0.1) is 0 Å². The lowest BCUT2D eigenvalue weighted by Crippen LogP contribution is -2.36. The highest BCUT2D eigenvalue weighted by Gasteiger charge is 2.51. The Balaban J connectivity index is 1.83. The minimum atomic E-state index is -1.36. The van der Waals surface area contributed by atoms with E-state index < -0.39 is 22.8 Å². The van der Waals surface area contributed by atoms with Gasteiger partial charge in [-0.05, 0) is 31.7 Å². The Morgan fingerprint density at radius 1 is 1.37 bits per heavy atom. The average molecular weight is 419 g/mol. The van der Waals surface area contributed by atoms with E-state index in [9.17, 15) is 19.1 Å². The number of aromatic nitrogens is 1. The molecule has 1 aromatic heterocycles. The summed E-state index contributed by atoms with van der Waals surface area (Å²) in [4.78, 5) is 23.9. The van der Waals surface area contributed by atoms with Gasteiger partial charge in [-0.1, -0.05) is 26.7 Å². The number of aryl methyl sites for hydroxylation is 1. The molecule has 2 atom stereocenters. The second-order valence-corrected chi connectivity index (χ2v) is 8.08. The fourth-order valence-corrected chi connectivity index (χ4v) is 4.57. The Bertz CT molecular complexity index is 1020. The summed E-state index contributed by atoms with van der Waals surface area (Å²) in [5.74, 6) is -1.39. The van der Waals surface area contributed by atoms with E-state index in [-0.39, 0.29) is 22.3 Å². The number of aromatic carboxylic acids is 1. The van der Waals surface area contributed by atoms with E-state index >= 15 is 0 Å². The fraction of sp³-hybridized carbons (Fsp3) is 0.545. The number of carboxylic acids is 1. The Hall–Kier alpha value is -2.61. The molecule has 5 N–H and O–H groups in total. The molecule has 3 rings (SSSR count). The minimum absolute atomic E-state index is 0.0939. The number of halogens is 1. The van der Waals surface area contributed by atoms with E-state index in [1.807, 2.05) is 6.92 Å². The van der Waals surface area contributed by atoms with Gasteiger partial charge >= 0.3 is 5.97 Å². The predicted molar refractivity (Wildman–Crippen MR) is 118 cm³/mol. The average Bonchev–Trinajstić information content (AvgIpc) is 3.41. The molecule has 2 aromatic rings. The first kappa shape index (κ1) is 22.1. The van der Waals surface area contributed by atoms with Crippen LogP contribution in [0.25, 0.3) is 10.9 Å². The van der Waals surface area contributed by atoms with E-state index in [1.54, 1.807) is 4.57 Å². The monoisotopic (exact) mass is 418 g/mol. The van der Waals surface area contributed by atoms with Crippen molar-refractivity contribution in [1.82, 2.24) is 9.88 Å². The second-order valence-electron chi connectivity index (χ2n) is 8.08. The molecule has 1 aromatic carbocycles. The summed E-state index contributed by atoms with van der Waals surface area (Å²) in [6, 6.07) is 1.53. The van der Waals surface area contributed by atoms with Gasteiger partial charge in [-0.2, -0.15) is 0 Å². The minimum Gasteiger partial charge on any atom is -0.477 e. The molecular formula is C22H31FN4O3. The van der Waals surface area contributed by atoms with Crippen LogP contribution in [-0.4, -0.2) is 34.3 Å². The molecule has 1 fully saturated rings. The Labute approximate surface area is 175 Å². The molecule has 0 bridgehead atoms. The number of hydrogen-bond donors (Lipinski definition) is 4. The first-order valence-corrected chi connectivity index (χ1v) is 10.7. The first-order chi connectivity index (χ1) is 14.3. The zero-order chi connectivity index (χ0) is 22.1. The van der Waals surface area contributed by atoms with E-state index in [0.29, 0.717) is 31.1 Å². The van der Waals surface area contributed by atoms with Crippen molar-refractivity contribution < 1.29 is 14.3 Å². The number of nitrogens with two attached hydrogens (primary N) is 1. The van der Waals surface area contributed by atoms with Crippen molar-refractivity contribution in [2.45, 2.75) is 58.5 Å². The lowest BCUT2D eigenvalue weighted by atomic mass is 10.1. The van der Waals surface area contributed by atoms with E-state index in [4.69, 9.17) is 5.73 Å². The summed E-state index contributed by atoms with van der Waals surface area (Å²) in [7, 11) is 0. The molecule has 0 unspecified atom stereocenters. The zero-order valence-electron chi connectivity index (χ0n) is 17.8. The second kappa shape index (κ2) is 8.63. The van der Waals surface area contributed by atoms with Gasteiger partial charge in [-0.25, -0.2) is 9.18 Å². The van der Waals surface area contributed by atoms with Crippen molar-refractivity contribution in [2.75, 3.05) is 24.1 Å². The van der Waals surface area contributed by atoms with Crippen LogP contribution in [0.2, 0.25) is 0 Å². The molecule has 1 saturated carbocycles. The molecule has 1 aliphatic rings. The fourth-order valence-electron chi connectivity index (χ4n) is 4.57. The van der Waals surface area contributed by atoms with Gasteiger partial charge in [0.2, 0.25) is 5.43 Å². The Morgan fingerprint density at radius 2 is 2.10 bits per heavy atom. The van der Waals surface area contributed by atoms with Crippen molar-refractivity contribution in [3.05, 3.63) is 33.9 Å². The molecule has 7 nitrogen and oxygen atoms in total. The van der Waals surface area contributed by atoms with Crippen molar-refractivity contribution >= 4 is 28.2 Å². The van der Waals surface area contributed by atoms with Gasteiger partial charge in [0, 0.05) is 31.4 Å². The maximum absolute atomic E-state index is 14.9. The highest BCUT2D eigenvalue weighted by molar-refractivity contribution is 5.99. The largest absolute Gasteiger partial charge is 0.477 e. The summed E-state index contributed by atoms with van der Waals surface area (Å²) in [5, 5.41) is 15.9. The summed E-state index contributed by atoms with van der Waals surface area (Å²) < 4.78 is 16.5. The molecule has 0 saturated heterocycles. The third-order valence-corrected chi connectivity index (χ3v) is 6.26. The van der Waals surface area contributed by atoms with Crippen LogP contribution in [0.5, 0.6) is 0 Å². The summed E-state index contributed by atoms with van der Waals surface area (Å²) >= 11 is 0. The molecular weight excluding hydrogens is 387 g/mol. The number of pyridine rings is 1. The van der Waals surface area contributed by atoms with Gasteiger partial charge in [0.1, 0.15) is 5.56 Å². The van der Waals surface area contributed by atoms with Crippen LogP contribution in [0.15, 0.2) is 17.1 Å². The molecule has 0 spiro atoms. The summed E-state index contributed by atoms with van der Waals surface area (Å²) in [6.07, 6.45) is 5.88. The van der Waals surface area contributed by atoms with Gasteiger partial charge in [0.15, 0.2) is 5.82 Å². The maximum Gasteiger partial charge on any atom is 0.341 e. The smallest absolute Gasteiger partial charge is 0.341 e. The number of nitrogens with one attached hydrogen (secondary N) is 2. The maximum atomic E-state index is 14.9. The Morgan fingerprint density at radius 3 is 2.67 bits per heavy atom. The third kappa shape index (κ3) is 3.88. The van der Waals surface area contributed by atoms with Crippen LogP contribution in [0, 0.1) is 11.7 Å². The van der Waals surface area contributed by atoms with Crippen molar-refractivity contribution in [3.8, 4) is 0 Å². The highest BCUT2D eigenvalue weighted by atomic mass is 19.1. The van der Waals surface area contributed by atoms with Gasteiger partial charge in [0.25, 0.3) is 0 Å². The van der Waals surface area contributed by atoms with Gasteiger partial charge in [0.05, 0.1) is 22.3 Å². The van der Waals surface area contributed by atoms with E-state index in [2.05, 4.69) is 24.5 Å². The number of carboxylic acid groups (broad SMARTS) is 1. The quantitative estimate of drug-likeness (QED) is 0.348. The van der Waals surface area contributed by atoms with Crippen molar-refractivity contribution in [3.63, 3.8) is 0 Å². The number of anilines is 2. The van der Waals surface area contributed by atoms with E-state index in [0.717, 1.165) is 19.3 Å². The topological polar surface area (TPSA) is 109 Å². The molecule has 164 valence electrons. The van der Waals surface area contributed by atoms with Gasteiger partial charge in [-0.3, -0.25) is 4.79 Å². The van der Waals surface area contributed by atoms with Crippen LogP contribution in [0.1, 0.15) is 56.8 Å². The van der Waals surface area contributed by atoms with Crippen LogP contribution < -0.4 is 21.8 Å². The third-order valence-electron chi connectivity index (χ3n) is 6.26. The zero-order valence-corrected chi connectivity index (χ0v) is 17.8. The number of fused-ring (bicyclic) bond motifs is 1. The summed E-state index contributed by atoms with van der Waals surface area (Å²) in [6.45, 7) is 7.82. The lowest BCUT2D eigenvalue weighted by Gasteiger charge is -2.20. The molecule has 30 heavy (non-hydrogen) atoms. The van der Waals surface area contributed by atoms with Crippen LogP contribution in [0.3, 0.4) is 0 Å². The molecule has 0 aliphatic heterocycles. The number of nitrogen functional groups attached to an aromatic ring is 1. The standard InChI is InChI=1S/C22H31FN4O3/c1-4-7-22(11-13(22)5-2)26-9-8-25-15-10-16-17(19(24)18(15)23)20(28)14(21(29)30)12-27(16)6-3/h10,12-13,25-26H,4-9,11,24H2,1-3H3,(H,29,30)/t13-,22+/m0/s1. The predicted octanol–water partition coefficient (Wildman–Crippen LogP) is 3.41. The lowest BCUT2D eigenvalue weighted by molar-refractivity contribution is 0.0695. The molecule has 1 heterocycles. The van der Waals surface area contributed by atoms with Crippen LogP contribution in [0.4, 0.5) is 15.8 Å². The van der Waals surface area contributed by atoms with Crippen LogP contribution >= 0.6 is 0 Å². The number of rotatable bonds is 10. The first-order valence-electron chi connectivity index (χ1n) is 10.7. The number of carbonyl (C=O) groups is 1. The van der Waals surface area contributed by atoms with Gasteiger partial charge < -0.3 is 26.0 Å². The molecule has 0 radical (unpaired) electrons. The molecule has 8 heteroatoms. The molecule has 0 amide bonds. The highest BCUT2D eigenvalue weighted by Crippen LogP contribution is 2.48. The van der Waals surface area contributed by atoms with Crippen LogP contribution in [-0.2, 0) is 6.54 Å². The SMILES string of the molecule is CCC[C@@]1(NCCNc2cc3c(c(N)c2F)c(=O)c(C(=O)O)cn3CC)C[C@@H]1CC. The summed E-state index contributed by atoms with van der Waals surface area (Å²) in [5.41, 5.74) is 5.25. The number of nitrogens with zero attached hydrogens (tertiary/aromatic N) is 1. The van der Waals surface area contributed by atoms with E-state index in [1.165, 1.54) is 18.7 Å². The van der Waals surface area contributed by atoms with Crippen molar-refractivity contribution in [1.29, 1.82) is 0 Å².